The number of benzene rings is 3. The minimum atomic E-state index is -1.85. The zero-order valence-electron chi connectivity index (χ0n) is 15.8. The second-order valence-electron chi connectivity index (χ2n) is 8.27. The number of halogens is 1. The van der Waals surface area contributed by atoms with E-state index >= 15 is 0 Å². The minimum absolute atomic E-state index is 0.484. The number of allylic oxidation sites excluding steroid dienone is 2. The van der Waals surface area contributed by atoms with E-state index < -0.39 is 6.62 Å². The molecule has 6 rings (SSSR count). The van der Waals surface area contributed by atoms with Gasteiger partial charge in [0.2, 0.25) is 0 Å². The first-order valence-corrected chi connectivity index (χ1v) is 13.2. The van der Waals surface area contributed by atoms with Crippen LogP contribution >= 0.6 is 17.9 Å². The highest BCUT2D eigenvalue weighted by molar-refractivity contribution is 8.06. The average molecular weight is 402 g/mol. The molecule has 2 heteroatoms. The molecule has 0 radical (unpaired) electrons. The summed E-state index contributed by atoms with van der Waals surface area (Å²) in [7, 11) is 0. The summed E-state index contributed by atoms with van der Waals surface area (Å²) in [5, 5.41) is 1.40. The molecule has 3 aromatic carbocycles. The molecule has 0 aromatic heterocycles. The molecule has 2 unspecified atom stereocenters. The van der Waals surface area contributed by atoms with Crippen molar-refractivity contribution in [1.29, 1.82) is 0 Å². The minimum Gasteiger partial charge on any atom is -0.0620 e. The highest BCUT2D eigenvalue weighted by Gasteiger charge is 2.64. The second-order valence-corrected chi connectivity index (χ2v) is 13.1. The van der Waals surface area contributed by atoms with E-state index in [2.05, 4.69) is 78.9 Å². The van der Waals surface area contributed by atoms with Crippen LogP contribution in [0.1, 0.15) is 35.1 Å². The zero-order chi connectivity index (χ0) is 18.7. The zero-order valence-corrected chi connectivity index (χ0v) is 17.5. The predicted molar refractivity (Wildman–Crippen MR) is 123 cm³/mol. The maximum absolute atomic E-state index is 7.85. The Morgan fingerprint density at radius 3 is 1.61 bits per heavy atom. The Labute approximate surface area is 172 Å². The van der Waals surface area contributed by atoms with Crippen molar-refractivity contribution in [1.82, 2.24) is 0 Å². The standard InChI is InChI=1S/C26H23ClP/c27-28(20-10-2-1-3-11-20)23-16-14-18-8-4-6-12-21(18)25(23)26-22-13-7-5-9-19(22)15-17-24(26)28/h1-13,23-24H,14-17H2/q+1. The van der Waals surface area contributed by atoms with Crippen molar-refractivity contribution in [3.8, 4) is 0 Å². The third-order valence-electron chi connectivity index (χ3n) is 7.01. The molecule has 0 bridgehead atoms. The van der Waals surface area contributed by atoms with E-state index in [9.17, 15) is 0 Å². The summed E-state index contributed by atoms with van der Waals surface area (Å²) < 4.78 is 0. The van der Waals surface area contributed by atoms with E-state index in [0.717, 1.165) is 12.8 Å². The van der Waals surface area contributed by atoms with E-state index in [1.807, 2.05) is 0 Å². The Hall–Kier alpha value is -1.88. The van der Waals surface area contributed by atoms with Gasteiger partial charge in [0.05, 0.1) is 11.2 Å². The summed E-state index contributed by atoms with van der Waals surface area (Å²) in [6.07, 6.45) is 4.65. The van der Waals surface area contributed by atoms with Gasteiger partial charge < -0.3 is 0 Å². The van der Waals surface area contributed by atoms with Gasteiger partial charge in [0.25, 0.3) is 0 Å². The average Bonchev–Trinajstić information content (AvgIpc) is 3.05. The Kier molecular flexibility index (Phi) is 3.84. The van der Waals surface area contributed by atoms with Gasteiger partial charge >= 0.3 is 0 Å². The highest BCUT2D eigenvalue weighted by Crippen LogP contribution is 2.82. The number of hydrogen-bond acceptors (Lipinski definition) is 0. The Morgan fingerprint density at radius 2 is 1.07 bits per heavy atom. The van der Waals surface area contributed by atoms with Gasteiger partial charge in [-0.1, -0.05) is 66.7 Å². The second kappa shape index (κ2) is 6.31. The molecule has 0 spiro atoms. The molecular formula is C26H23ClP+. The van der Waals surface area contributed by atoms with Crippen molar-refractivity contribution in [2.45, 2.75) is 37.0 Å². The Bertz CT molecular complexity index is 1030. The summed E-state index contributed by atoms with van der Waals surface area (Å²) in [5.41, 5.74) is 10.1. The van der Waals surface area contributed by atoms with Crippen LogP contribution in [0.25, 0.3) is 11.1 Å². The van der Waals surface area contributed by atoms with Gasteiger partial charge in [0.1, 0.15) is 16.6 Å². The fraction of sp³-hybridized carbons (Fsp3) is 0.231. The molecule has 1 aliphatic heterocycles. The summed E-state index contributed by atoms with van der Waals surface area (Å²) in [4.78, 5) is 0. The molecule has 0 saturated heterocycles. The fourth-order valence-corrected chi connectivity index (χ4v) is 11.5. The van der Waals surface area contributed by atoms with Crippen LogP contribution in [-0.4, -0.2) is 11.3 Å². The van der Waals surface area contributed by atoms with Crippen LogP contribution < -0.4 is 5.30 Å². The molecule has 28 heavy (non-hydrogen) atoms. The van der Waals surface area contributed by atoms with E-state index in [1.54, 1.807) is 11.1 Å². The van der Waals surface area contributed by atoms with Crippen LogP contribution in [0.4, 0.5) is 0 Å². The largest absolute Gasteiger partial charge is 0.161 e. The molecule has 0 amide bonds. The first-order valence-electron chi connectivity index (χ1n) is 10.3. The van der Waals surface area contributed by atoms with Crippen molar-refractivity contribution in [2.75, 3.05) is 0 Å². The van der Waals surface area contributed by atoms with Crippen LogP contribution in [0.15, 0.2) is 78.9 Å². The molecule has 2 aliphatic carbocycles. The van der Waals surface area contributed by atoms with E-state index in [-0.39, 0.29) is 0 Å². The lowest BCUT2D eigenvalue weighted by atomic mass is 9.78. The molecule has 0 saturated carbocycles. The summed E-state index contributed by atoms with van der Waals surface area (Å²) in [6, 6.07) is 29.1. The highest BCUT2D eigenvalue weighted by atomic mass is 35.7. The predicted octanol–water partition coefficient (Wildman–Crippen LogP) is 6.74. The molecule has 138 valence electrons. The van der Waals surface area contributed by atoms with Gasteiger partial charge in [-0.2, -0.15) is 0 Å². The lowest BCUT2D eigenvalue weighted by molar-refractivity contribution is 0.820. The van der Waals surface area contributed by atoms with Gasteiger partial charge in [-0.05, 0) is 60.1 Å². The van der Waals surface area contributed by atoms with Crippen molar-refractivity contribution in [2.24, 2.45) is 0 Å². The lowest BCUT2D eigenvalue weighted by Gasteiger charge is -2.32. The van der Waals surface area contributed by atoms with E-state index in [1.165, 1.54) is 40.4 Å². The monoisotopic (exact) mass is 401 g/mol. The summed E-state index contributed by atoms with van der Waals surface area (Å²) in [5.74, 6) is 0. The van der Waals surface area contributed by atoms with Gasteiger partial charge in [0, 0.05) is 11.1 Å². The molecule has 0 fully saturated rings. The lowest BCUT2D eigenvalue weighted by Crippen LogP contribution is -2.27. The van der Waals surface area contributed by atoms with E-state index in [0.29, 0.717) is 11.3 Å². The van der Waals surface area contributed by atoms with Crippen LogP contribution in [-0.2, 0) is 12.8 Å². The van der Waals surface area contributed by atoms with Gasteiger partial charge in [-0.25, -0.2) is 0 Å². The van der Waals surface area contributed by atoms with E-state index in [4.69, 9.17) is 11.2 Å². The maximum atomic E-state index is 7.85. The quantitative estimate of drug-likeness (QED) is 0.396. The molecule has 2 atom stereocenters. The van der Waals surface area contributed by atoms with Crippen LogP contribution in [0.5, 0.6) is 0 Å². The normalized spacial score (nSPS) is 27.6. The van der Waals surface area contributed by atoms with Crippen molar-refractivity contribution in [3.05, 3.63) is 101 Å². The Balaban J connectivity index is 1.66. The van der Waals surface area contributed by atoms with Gasteiger partial charge in [-0.15, -0.1) is 0 Å². The van der Waals surface area contributed by atoms with Gasteiger partial charge in [-0.3, -0.25) is 0 Å². The summed E-state index contributed by atoms with van der Waals surface area (Å²) >= 11 is 7.85. The molecule has 3 aliphatic rings. The fourth-order valence-electron chi connectivity index (χ4n) is 5.87. The molecule has 0 N–H and O–H groups in total. The van der Waals surface area contributed by atoms with Crippen LogP contribution in [0.2, 0.25) is 0 Å². The van der Waals surface area contributed by atoms with Gasteiger partial charge in [0.15, 0.2) is 6.62 Å². The third kappa shape index (κ3) is 2.23. The van der Waals surface area contributed by atoms with Crippen LogP contribution in [0.3, 0.4) is 0 Å². The smallest absolute Gasteiger partial charge is 0.0620 e. The first-order chi connectivity index (χ1) is 13.8. The van der Waals surface area contributed by atoms with Crippen molar-refractivity contribution >= 4 is 34.3 Å². The van der Waals surface area contributed by atoms with Crippen molar-refractivity contribution in [3.63, 3.8) is 0 Å². The SMILES string of the molecule is Cl[P+]1(c2ccccc2)C2CCc3ccccc3C2=C2c3ccccc3CCC21. The molecular weight excluding hydrogens is 379 g/mol. The molecule has 0 nitrogen and oxygen atoms in total. The number of rotatable bonds is 1. The Morgan fingerprint density at radius 1 is 0.607 bits per heavy atom. The number of hydrogen-bond donors (Lipinski definition) is 0. The topological polar surface area (TPSA) is 0 Å². The summed E-state index contributed by atoms with van der Waals surface area (Å²) in [6.45, 7) is -1.85. The molecule has 1 heterocycles. The van der Waals surface area contributed by atoms with Crippen molar-refractivity contribution < 1.29 is 0 Å². The first kappa shape index (κ1) is 17.0. The molecule has 3 aromatic rings. The number of fused-ring (bicyclic) bond motifs is 6. The maximum Gasteiger partial charge on any atom is 0.161 e. The third-order valence-corrected chi connectivity index (χ3v) is 12.9. The number of aryl methyl sites for hydroxylation is 2. The van der Waals surface area contributed by atoms with Crippen LogP contribution in [0, 0.1) is 0 Å².